The van der Waals surface area contributed by atoms with Crippen molar-refractivity contribution in [2.24, 2.45) is 4.99 Å². The van der Waals surface area contributed by atoms with Crippen molar-refractivity contribution in [1.29, 1.82) is 0 Å². The first-order chi connectivity index (χ1) is 13.7. The minimum atomic E-state index is -0.0490. The molecule has 0 aliphatic rings. The van der Waals surface area contributed by atoms with Crippen LogP contribution < -0.4 is 15.4 Å². The Morgan fingerprint density at radius 3 is 2.45 bits per heavy atom. The lowest BCUT2D eigenvalue weighted by molar-refractivity contribution is 0.106. The summed E-state index contributed by atoms with van der Waals surface area (Å²) in [6.45, 7) is 4.35. The number of aliphatic imine (C=N–C) groups is 1. The fraction of sp³-hybridized carbons (Fsp3) is 0.409. The monoisotopic (exact) mass is 513 g/mol. The van der Waals surface area contributed by atoms with Gasteiger partial charge in [0.25, 0.3) is 0 Å². The van der Waals surface area contributed by atoms with Crippen LogP contribution in [0, 0.1) is 6.92 Å². The van der Waals surface area contributed by atoms with Gasteiger partial charge in [0, 0.05) is 39.9 Å². The van der Waals surface area contributed by atoms with Crippen LogP contribution in [0.1, 0.15) is 22.8 Å². The van der Waals surface area contributed by atoms with E-state index in [4.69, 9.17) is 14.2 Å². The van der Waals surface area contributed by atoms with Crippen molar-refractivity contribution in [3.8, 4) is 5.75 Å². The average Bonchev–Trinajstić information content (AvgIpc) is 2.72. The molecule has 2 N–H and O–H groups in total. The van der Waals surface area contributed by atoms with Crippen molar-refractivity contribution in [3.05, 3.63) is 65.2 Å². The Kier molecular flexibility index (Phi) is 12.3. The molecular weight excluding hydrogens is 481 g/mol. The highest BCUT2D eigenvalue weighted by molar-refractivity contribution is 14.0. The van der Waals surface area contributed by atoms with Gasteiger partial charge < -0.3 is 24.8 Å². The molecule has 0 radical (unpaired) electrons. The fourth-order valence-electron chi connectivity index (χ4n) is 2.77. The Morgan fingerprint density at radius 2 is 1.79 bits per heavy atom. The SMILES string of the molecule is CN=C(NCc1ccc(C)cc1OCCOC)NCC(OC)c1ccccc1.I. The number of rotatable bonds is 10. The van der Waals surface area contributed by atoms with Gasteiger partial charge in [-0.25, -0.2) is 0 Å². The van der Waals surface area contributed by atoms with Crippen LogP contribution in [0.25, 0.3) is 0 Å². The maximum atomic E-state index is 5.85. The molecule has 160 valence electrons. The van der Waals surface area contributed by atoms with E-state index < -0.39 is 0 Å². The number of halogens is 1. The Hall–Kier alpha value is -1.84. The van der Waals surface area contributed by atoms with Crippen LogP contribution in [-0.4, -0.2) is 47.0 Å². The Labute approximate surface area is 191 Å². The van der Waals surface area contributed by atoms with Crippen molar-refractivity contribution >= 4 is 29.9 Å². The second-order valence-electron chi connectivity index (χ2n) is 6.39. The summed E-state index contributed by atoms with van der Waals surface area (Å²) in [4.78, 5) is 4.30. The molecule has 0 saturated heterocycles. The molecule has 0 bridgehead atoms. The molecule has 1 atom stereocenters. The third-order valence-electron chi connectivity index (χ3n) is 4.35. The van der Waals surface area contributed by atoms with Crippen molar-refractivity contribution in [2.45, 2.75) is 19.6 Å². The standard InChI is InChI=1S/C22H31N3O3.HI/c1-17-10-11-19(20(14-17)28-13-12-26-3)15-24-22(23-2)25-16-21(27-4)18-8-6-5-7-9-18;/h5-11,14,21H,12-13,15-16H2,1-4H3,(H2,23,24,25);1H. The minimum absolute atomic E-state index is 0. The van der Waals surface area contributed by atoms with Crippen LogP contribution in [0.4, 0.5) is 0 Å². The number of benzene rings is 2. The molecule has 0 saturated carbocycles. The summed E-state index contributed by atoms with van der Waals surface area (Å²) in [6, 6.07) is 16.3. The molecule has 0 heterocycles. The molecule has 1 unspecified atom stereocenters. The van der Waals surface area contributed by atoms with E-state index in [0.717, 1.165) is 22.4 Å². The predicted molar refractivity (Wildman–Crippen MR) is 128 cm³/mol. The number of nitrogens with one attached hydrogen (secondary N) is 2. The second kappa shape index (κ2) is 14.2. The lowest BCUT2D eigenvalue weighted by Crippen LogP contribution is -2.39. The zero-order valence-corrected chi connectivity index (χ0v) is 19.9. The van der Waals surface area contributed by atoms with Crippen molar-refractivity contribution in [1.82, 2.24) is 10.6 Å². The van der Waals surface area contributed by atoms with Crippen LogP contribution in [0.5, 0.6) is 5.75 Å². The highest BCUT2D eigenvalue weighted by Crippen LogP contribution is 2.20. The zero-order chi connectivity index (χ0) is 20.2. The smallest absolute Gasteiger partial charge is 0.191 e. The van der Waals surface area contributed by atoms with E-state index in [-0.39, 0.29) is 30.1 Å². The second-order valence-corrected chi connectivity index (χ2v) is 6.39. The van der Waals surface area contributed by atoms with Crippen LogP contribution in [0.2, 0.25) is 0 Å². The summed E-state index contributed by atoms with van der Waals surface area (Å²) in [7, 11) is 5.14. The first-order valence-corrected chi connectivity index (χ1v) is 9.41. The first-order valence-electron chi connectivity index (χ1n) is 9.41. The lowest BCUT2D eigenvalue weighted by Gasteiger charge is -2.19. The summed E-state index contributed by atoms with van der Waals surface area (Å²) in [5.41, 5.74) is 3.35. The Morgan fingerprint density at radius 1 is 1.03 bits per heavy atom. The maximum Gasteiger partial charge on any atom is 0.191 e. The summed E-state index contributed by atoms with van der Waals surface area (Å²) in [5.74, 6) is 1.57. The molecule has 0 aliphatic carbocycles. The Bertz CT molecular complexity index is 741. The zero-order valence-electron chi connectivity index (χ0n) is 17.6. The van der Waals surface area contributed by atoms with Gasteiger partial charge in [-0.1, -0.05) is 42.5 Å². The van der Waals surface area contributed by atoms with Crippen LogP contribution >= 0.6 is 24.0 Å². The van der Waals surface area contributed by atoms with Gasteiger partial charge >= 0.3 is 0 Å². The summed E-state index contributed by atoms with van der Waals surface area (Å²) >= 11 is 0. The van der Waals surface area contributed by atoms with Crippen LogP contribution in [-0.2, 0) is 16.0 Å². The minimum Gasteiger partial charge on any atom is -0.491 e. The molecule has 29 heavy (non-hydrogen) atoms. The molecular formula is C22H32IN3O3. The normalized spacial score (nSPS) is 12.1. The van der Waals surface area contributed by atoms with Gasteiger partial charge in [-0.3, -0.25) is 4.99 Å². The molecule has 0 fully saturated rings. The largest absolute Gasteiger partial charge is 0.491 e. The van der Waals surface area contributed by atoms with E-state index in [1.165, 1.54) is 0 Å². The van der Waals surface area contributed by atoms with E-state index >= 15 is 0 Å². The number of hydrogen-bond acceptors (Lipinski definition) is 4. The number of guanidine groups is 1. The molecule has 0 aliphatic heterocycles. The molecule has 2 aromatic carbocycles. The molecule has 6 nitrogen and oxygen atoms in total. The van der Waals surface area contributed by atoms with Gasteiger partial charge in [0.2, 0.25) is 0 Å². The molecule has 2 aromatic rings. The number of ether oxygens (including phenoxy) is 3. The third-order valence-corrected chi connectivity index (χ3v) is 4.35. The molecule has 0 amide bonds. The van der Waals surface area contributed by atoms with Gasteiger partial charge in [0.05, 0.1) is 12.7 Å². The number of nitrogens with zero attached hydrogens (tertiary/aromatic N) is 1. The predicted octanol–water partition coefficient (Wildman–Crippen LogP) is 3.69. The van der Waals surface area contributed by atoms with E-state index in [9.17, 15) is 0 Å². The number of methoxy groups -OCH3 is 2. The summed E-state index contributed by atoms with van der Waals surface area (Å²) in [5, 5.41) is 6.66. The summed E-state index contributed by atoms with van der Waals surface area (Å²) in [6.07, 6.45) is -0.0490. The quantitative estimate of drug-likeness (QED) is 0.220. The van der Waals surface area contributed by atoms with Crippen LogP contribution in [0.15, 0.2) is 53.5 Å². The van der Waals surface area contributed by atoms with Crippen molar-refractivity contribution < 1.29 is 14.2 Å². The average molecular weight is 513 g/mol. The lowest BCUT2D eigenvalue weighted by atomic mass is 10.1. The fourth-order valence-corrected chi connectivity index (χ4v) is 2.77. The van der Waals surface area contributed by atoms with Gasteiger partial charge in [-0.2, -0.15) is 0 Å². The Balaban J connectivity index is 0.00000420. The number of hydrogen-bond donors (Lipinski definition) is 2. The van der Waals surface area contributed by atoms with Crippen molar-refractivity contribution in [3.63, 3.8) is 0 Å². The third kappa shape index (κ3) is 8.59. The van der Waals surface area contributed by atoms with E-state index in [1.54, 1.807) is 21.3 Å². The van der Waals surface area contributed by atoms with Gasteiger partial charge in [-0.05, 0) is 24.1 Å². The molecule has 0 spiro atoms. The molecule has 0 aromatic heterocycles. The highest BCUT2D eigenvalue weighted by Gasteiger charge is 2.11. The van der Waals surface area contributed by atoms with E-state index in [2.05, 4.69) is 46.8 Å². The number of aryl methyl sites for hydroxylation is 1. The van der Waals surface area contributed by atoms with Crippen molar-refractivity contribution in [2.75, 3.05) is 41.0 Å². The highest BCUT2D eigenvalue weighted by atomic mass is 127. The van der Waals surface area contributed by atoms with Crippen LogP contribution in [0.3, 0.4) is 0 Å². The summed E-state index contributed by atoms with van der Waals surface area (Å²) < 4.78 is 16.5. The molecule has 2 rings (SSSR count). The topological polar surface area (TPSA) is 64.1 Å². The van der Waals surface area contributed by atoms with E-state index in [0.29, 0.717) is 32.3 Å². The molecule has 7 heteroatoms. The van der Waals surface area contributed by atoms with Gasteiger partial charge in [0.15, 0.2) is 5.96 Å². The van der Waals surface area contributed by atoms with E-state index in [1.807, 2.05) is 24.3 Å². The van der Waals surface area contributed by atoms with Gasteiger partial charge in [0.1, 0.15) is 12.4 Å². The first kappa shape index (κ1) is 25.2. The van der Waals surface area contributed by atoms with Gasteiger partial charge in [-0.15, -0.1) is 24.0 Å². The maximum absolute atomic E-state index is 5.85.